The van der Waals surface area contributed by atoms with Crippen LogP contribution >= 0.6 is 0 Å². The molecule has 2 aliphatic rings. The van der Waals surface area contributed by atoms with E-state index in [-0.39, 0.29) is 11.6 Å². The topological polar surface area (TPSA) is 38.3 Å². The second-order valence-corrected chi connectivity index (χ2v) is 3.41. The minimum Gasteiger partial charge on any atom is -0.459 e. The van der Waals surface area contributed by atoms with Crippen LogP contribution in [0.15, 0.2) is 0 Å². The first kappa shape index (κ1) is 7.10. The molecule has 0 amide bonds. The van der Waals surface area contributed by atoms with E-state index in [1.807, 2.05) is 0 Å². The van der Waals surface area contributed by atoms with Gasteiger partial charge in [0, 0.05) is 6.42 Å². The van der Waals surface area contributed by atoms with E-state index in [2.05, 4.69) is 5.32 Å². The molecule has 0 saturated carbocycles. The van der Waals surface area contributed by atoms with Crippen LogP contribution in [0.1, 0.15) is 25.7 Å². The molecule has 3 nitrogen and oxygen atoms in total. The lowest BCUT2D eigenvalue weighted by molar-refractivity contribution is -0.150. The van der Waals surface area contributed by atoms with E-state index < -0.39 is 0 Å². The lowest BCUT2D eigenvalue weighted by Crippen LogP contribution is -2.41. The molecule has 0 radical (unpaired) electrons. The first-order valence-electron chi connectivity index (χ1n) is 4.23. The van der Waals surface area contributed by atoms with Gasteiger partial charge < -0.3 is 10.1 Å². The molecule has 2 fully saturated rings. The van der Waals surface area contributed by atoms with Gasteiger partial charge in [-0.1, -0.05) is 0 Å². The standard InChI is InChI=1S/C8H13NO2/c10-7-1-2-8(11-7)3-5-9-6-4-8/h9H,1-6H2. The monoisotopic (exact) mass is 155 g/mol. The number of esters is 1. The van der Waals surface area contributed by atoms with Crippen molar-refractivity contribution in [3.63, 3.8) is 0 Å². The van der Waals surface area contributed by atoms with Crippen molar-refractivity contribution in [2.24, 2.45) is 0 Å². The molecule has 2 rings (SSSR count). The summed E-state index contributed by atoms with van der Waals surface area (Å²) >= 11 is 0. The first-order chi connectivity index (χ1) is 5.31. The predicted octanol–water partition coefficient (Wildman–Crippen LogP) is 0.446. The third-order valence-corrected chi connectivity index (χ3v) is 2.63. The van der Waals surface area contributed by atoms with Gasteiger partial charge in [0.15, 0.2) is 0 Å². The summed E-state index contributed by atoms with van der Waals surface area (Å²) < 4.78 is 5.31. The summed E-state index contributed by atoms with van der Waals surface area (Å²) in [6.45, 7) is 1.99. The lowest BCUT2D eigenvalue weighted by atomic mass is 9.90. The minimum absolute atomic E-state index is 0.00750. The average molecular weight is 155 g/mol. The van der Waals surface area contributed by atoms with Gasteiger partial charge in [0.25, 0.3) is 0 Å². The number of piperidine rings is 1. The number of rotatable bonds is 0. The lowest BCUT2D eigenvalue weighted by Gasteiger charge is -2.31. The summed E-state index contributed by atoms with van der Waals surface area (Å²) in [5.74, 6) is -0.00750. The van der Waals surface area contributed by atoms with E-state index in [1.54, 1.807) is 0 Å². The van der Waals surface area contributed by atoms with Gasteiger partial charge in [-0.2, -0.15) is 0 Å². The maximum Gasteiger partial charge on any atom is 0.306 e. The molecule has 0 aromatic rings. The maximum atomic E-state index is 10.9. The van der Waals surface area contributed by atoms with Gasteiger partial charge in [-0.25, -0.2) is 0 Å². The molecule has 0 aromatic carbocycles. The van der Waals surface area contributed by atoms with Crippen LogP contribution in [0.2, 0.25) is 0 Å². The number of hydrogen-bond donors (Lipinski definition) is 1. The Balaban J connectivity index is 2.03. The quantitative estimate of drug-likeness (QED) is 0.516. The van der Waals surface area contributed by atoms with Crippen molar-refractivity contribution in [2.45, 2.75) is 31.3 Å². The molecule has 1 spiro atoms. The summed E-state index contributed by atoms with van der Waals surface area (Å²) in [6.07, 6.45) is 3.56. The molecule has 2 heterocycles. The van der Waals surface area contributed by atoms with E-state index in [4.69, 9.17) is 4.74 Å². The Morgan fingerprint density at radius 3 is 2.55 bits per heavy atom. The zero-order valence-corrected chi connectivity index (χ0v) is 6.56. The maximum absolute atomic E-state index is 10.9. The molecule has 0 aliphatic carbocycles. The van der Waals surface area contributed by atoms with E-state index in [1.165, 1.54) is 0 Å². The van der Waals surface area contributed by atoms with Crippen LogP contribution in [-0.2, 0) is 9.53 Å². The fraction of sp³-hybridized carbons (Fsp3) is 0.875. The summed E-state index contributed by atoms with van der Waals surface area (Å²) in [6, 6.07) is 0. The van der Waals surface area contributed by atoms with Crippen LogP contribution in [-0.4, -0.2) is 24.7 Å². The highest BCUT2D eigenvalue weighted by Crippen LogP contribution is 2.34. The number of carbonyl (C=O) groups excluding carboxylic acids is 1. The van der Waals surface area contributed by atoms with Gasteiger partial charge in [-0.15, -0.1) is 0 Å². The molecule has 0 atom stereocenters. The van der Waals surface area contributed by atoms with Gasteiger partial charge in [0.05, 0.1) is 0 Å². The molecule has 2 aliphatic heterocycles. The van der Waals surface area contributed by atoms with Crippen molar-refractivity contribution in [3.05, 3.63) is 0 Å². The van der Waals surface area contributed by atoms with Gasteiger partial charge >= 0.3 is 5.97 Å². The van der Waals surface area contributed by atoms with Crippen molar-refractivity contribution in [1.29, 1.82) is 0 Å². The number of ether oxygens (including phenoxy) is 1. The Morgan fingerprint density at radius 1 is 1.27 bits per heavy atom. The minimum atomic E-state index is -0.0671. The molecule has 0 aromatic heterocycles. The fourth-order valence-corrected chi connectivity index (χ4v) is 1.91. The predicted molar refractivity (Wildman–Crippen MR) is 40.2 cm³/mol. The van der Waals surface area contributed by atoms with Crippen molar-refractivity contribution in [2.75, 3.05) is 13.1 Å². The van der Waals surface area contributed by atoms with E-state index in [0.29, 0.717) is 6.42 Å². The number of carbonyl (C=O) groups is 1. The molecular formula is C8H13NO2. The zero-order valence-electron chi connectivity index (χ0n) is 6.56. The van der Waals surface area contributed by atoms with Gasteiger partial charge in [-0.05, 0) is 32.4 Å². The van der Waals surface area contributed by atoms with Crippen molar-refractivity contribution in [1.82, 2.24) is 5.32 Å². The zero-order chi connectivity index (χ0) is 7.73. The Bertz CT molecular complexity index is 173. The van der Waals surface area contributed by atoms with Crippen molar-refractivity contribution in [3.8, 4) is 0 Å². The molecule has 0 bridgehead atoms. The van der Waals surface area contributed by atoms with Crippen LogP contribution in [0.3, 0.4) is 0 Å². The number of nitrogens with one attached hydrogen (secondary N) is 1. The summed E-state index contributed by atoms with van der Waals surface area (Å²) in [4.78, 5) is 10.9. The number of hydrogen-bond acceptors (Lipinski definition) is 3. The van der Waals surface area contributed by atoms with E-state index >= 15 is 0 Å². The summed E-state index contributed by atoms with van der Waals surface area (Å²) in [7, 11) is 0. The first-order valence-corrected chi connectivity index (χ1v) is 4.23. The Labute approximate surface area is 66.1 Å². The van der Waals surface area contributed by atoms with Gasteiger partial charge in [0.2, 0.25) is 0 Å². The SMILES string of the molecule is O=C1CCC2(CCNCC2)O1. The smallest absolute Gasteiger partial charge is 0.306 e. The second-order valence-electron chi connectivity index (χ2n) is 3.41. The van der Waals surface area contributed by atoms with Crippen LogP contribution in [0.5, 0.6) is 0 Å². The van der Waals surface area contributed by atoms with Gasteiger partial charge in [0.1, 0.15) is 5.60 Å². The van der Waals surface area contributed by atoms with Crippen LogP contribution in [0.25, 0.3) is 0 Å². The van der Waals surface area contributed by atoms with Crippen LogP contribution in [0.4, 0.5) is 0 Å². The van der Waals surface area contributed by atoms with Crippen molar-refractivity contribution >= 4 is 5.97 Å². The third-order valence-electron chi connectivity index (χ3n) is 2.63. The molecule has 1 N–H and O–H groups in total. The van der Waals surface area contributed by atoms with E-state index in [0.717, 1.165) is 32.4 Å². The van der Waals surface area contributed by atoms with E-state index in [9.17, 15) is 4.79 Å². The Morgan fingerprint density at radius 2 is 2.00 bits per heavy atom. The molecular weight excluding hydrogens is 142 g/mol. The largest absolute Gasteiger partial charge is 0.459 e. The highest BCUT2D eigenvalue weighted by Gasteiger charge is 2.40. The third kappa shape index (κ3) is 1.25. The Kier molecular flexibility index (Phi) is 1.60. The molecule has 62 valence electrons. The highest BCUT2D eigenvalue weighted by molar-refractivity contribution is 5.72. The fourth-order valence-electron chi connectivity index (χ4n) is 1.91. The molecule has 2 saturated heterocycles. The second kappa shape index (κ2) is 2.48. The molecule has 3 heteroatoms. The summed E-state index contributed by atoms with van der Waals surface area (Å²) in [5, 5.41) is 3.26. The summed E-state index contributed by atoms with van der Waals surface area (Å²) in [5.41, 5.74) is -0.0671. The Hall–Kier alpha value is -0.570. The molecule has 0 unspecified atom stereocenters. The highest BCUT2D eigenvalue weighted by atomic mass is 16.6. The normalized spacial score (nSPS) is 28.9. The van der Waals surface area contributed by atoms with Gasteiger partial charge in [-0.3, -0.25) is 4.79 Å². The van der Waals surface area contributed by atoms with Crippen LogP contribution in [0, 0.1) is 0 Å². The van der Waals surface area contributed by atoms with Crippen molar-refractivity contribution < 1.29 is 9.53 Å². The molecule has 11 heavy (non-hydrogen) atoms. The van der Waals surface area contributed by atoms with Crippen LogP contribution < -0.4 is 5.32 Å². The average Bonchev–Trinajstić information content (AvgIpc) is 2.34.